The summed E-state index contributed by atoms with van der Waals surface area (Å²) in [4.78, 5) is 15.1. The predicted molar refractivity (Wildman–Crippen MR) is 51.0 cm³/mol. The third kappa shape index (κ3) is 2.04. The molecule has 0 aromatic carbocycles. The van der Waals surface area contributed by atoms with Crippen molar-refractivity contribution in [1.82, 2.24) is 4.98 Å². The number of methoxy groups -OCH3 is 1. The quantitative estimate of drug-likeness (QED) is 0.590. The molecule has 0 bridgehead atoms. The molecule has 12 heavy (non-hydrogen) atoms. The number of hydrogen-bond donors (Lipinski definition) is 0. The summed E-state index contributed by atoms with van der Waals surface area (Å²) in [7, 11) is -2.75. The van der Waals surface area contributed by atoms with Gasteiger partial charge in [-0.15, -0.1) is 0 Å². The largest absolute Gasteiger partial charge is 0.465 e. The lowest BCUT2D eigenvalue weighted by atomic mass is 10.3. The van der Waals surface area contributed by atoms with Crippen LogP contribution in [0.3, 0.4) is 0 Å². The Labute approximate surface area is 90.6 Å². The summed E-state index contributed by atoms with van der Waals surface area (Å²) in [5.41, 5.74) is 0.0642. The predicted octanol–water partition coefficient (Wildman–Crippen LogP) is 2.39. The van der Waals surface area contributed by atoms with Crippen molar-refractivity contribution in [3.05, 3.63) is 26.9 Å². The Kier molecular flexibility index (Phi) is 2.03. The van der Waals surface area contributed by atoms with Crippen LogP contribution in [0.4, 0.5) is 0 Å². The number of halogens is 2. The second-order valence-electron chi connectivity index (χ2n) is 1.88. The Bertz CT molecular complexity index is 394. The fraction of sp³-hybridized carbons (Fsp3) is 0.143. The minimum absolute atomic E-state index is 0.0642. The first kappa shape index (κ1) is 6.10. The SMILES string of the molecule is [2H]C([2H])([2H])OC(=O)c1cnc(Br)cc1Br. The molecular weight excluding hydrogens is 290 g/mol. The molecule has 0 aliphatic rings. The van der Waals surface area contributed by atoms with Crippen molar-refractivity contribution in [3.8, 4) is 0 Å². The minimum Gasteiger partial charge on any atom is -0.465 e. The molecule has 5 heteroatoms. The van der Waals surface area contributed by atoms with Gasteiger partial charge in [0.2, 0.25) is 0 Å². The molecule has 1 rings (SSSR count). The van der Waals surface area contributed by atoms with Crippen LogP contribution in [-0.2, 0) is 4.74 Å². The van der Waals surface area contributed by atoms with Gasteiger partial charge in [-0.05, 0) is 37.9 Å². The Hall–Kier alpha value is -0.420. The number of aromatic nitrogens is 1. The molecule has 0 N–H and O–H groups in total. The zero-order valence-electron chi connectivity index (χ0n) is 8.67. The lowest BCUT2D eigenvalue weighted by molar-refractivity contribution is 0.0599. The topological polar surface area (TPSA) is 39.2 Å². The number of hydrogen-bond acceptors (Lipinski definition) is 3. The van der Waals surface area contributed by atoms with E-state index in [9.17, 15) is 4.79 Å². The van der Waals surface area contributed by atoms with Gasteiger partial charge in [0, 0.05) is 10.7 Å². The van der Waals surface area contributed by atoms with Crippen LogP contribution in [0, 0.1) is 0 Å². The van der Waals surface area contributed by atoms with Gasteiger partial charge in [-0.3, -0.25) is 0 Å². The van der Waals surface area contributed by atoms with E-state index in [1.165, 1.54) is 12.3 Å². The summed E-state index contributed by atoms with van der Waals surface area (Å²) in [5, 5.41) is 0. The highest BCUT2D eigenvalue weighted by Gasteiger charge is 2.10. The fourth-order valence-electron chi connectivity index (χ4n) is 0.613. The number of carbonyl (C=O) groups is 1. The molecule has 0 unspecified atom stereocenters. The van der Waals surface area contributed by atoms with E-state index in [4.69, 9.17) is 4.11 Å². The Balaban J connectivity index is 2.92. The van der Waals surface area contributed by atoms with Crippen LogP contribution in [0.25, 0.3) is 0 Å². The Morgan fingerprint density at radius 1 is 1.75 bits per heavy atom. The second kappa shape index (κ2) is 4.00. The van der Waals surface area contributed by atoms with Gasteiger partial charge in [-0.1, -0.05) is 0 Å². The van der Waals surface area contributed by atoms with Gasteiger partial charge in [0.05, 0.1) is 16.7 Å². The van der Waals surface area contributed by atoms with Crippen molar-refractivity contribution in [2.75, 3.05) is 7.04 Å². The van der Waals surface area contributed by atoms with Gasteiger partial charge in [-0.25, -0.2) is 9.78 Å². The highest BCUT2D eigenvalue weighted by molar-refractivity contribution is 9.11. The first-order valence-corrected chi connectivity index (χ1v) is 4.42. The van der Waals surface area contributed by atoms with Gasteiger partial charge < -0.3 is 4.74 Å². The molecule has 0 aliphatic carbocycles. The molecule has 3 nitrogen and oxygen atoms in total. The molecule has 0 amide bonds. The maximum atomic E-state index is 11.3. The molecule has 0 saturated heterocycles. The molecule has 0 spiro atoms. The maximum Gasteiger partial charge on any atom is 0.340 e. The lowest BCUT2D eigenvalue weighted by Gasteiger charge is -2.00. The third-order valence-corrected chi connectivity index (χ3v) is 2.22. The van der Waals surface area contributed by atoms with Gasteiger partial charge >= 0.3 is 5.97 Å². The highest BCUT2D eigenvalue weighted by atomic mass is 79.9. The van der Waals surface area contributed by atoms with E-state index in [1.807, 2.05) is 0 Å². The molecule has 64 valence electrons. The standard InChI is InChI=1S/C7H5Br2NO2/c1-12-7(11)4-3-10-6(9)2-5(4)8/h2-3H,1H3/i1D3. The molecule has 1 aromatic rings. The molecule has 1 heterocycles. The van der Waals surface area contributed by atoms with Gasteiger partial charge in [-0.2, -0.15) is 0 Å². The molecule has 0 aliphatic heterocycles. The van der Waals surface area contributed by atoms with Crippen LogP contribution in [0.15, 0.2) is 21.3 Å². The molecular formula is C7H5Br2NO2. The van der Waals surface area contributed by atoms with E-state index in [-0.39, 0.29) is 5.56 Å². The molecule has 0 saturated carbocycles. The average Bonchev–Trinajstić information content (AvgIpc) is 1.99. The minimum atomic E-state index is -2.75. The zero-order valence-corrected chi connectivity index (χ0v) is 8.85. The van der Waals surface area contributed by atoms with E-state index in [2.05, 4.69) is 41.6 Å². The highest BCUT2D eigenvalue weighted by Crippen LogP contribution is 2.19. The summed E-state index contributed by atoms with van der Waals surface area (Å²) in [5.74, 6) is -0.943. The van der Waals surface area contributed by atoms with Crippen molar-refractivity contribution >= 4 is 37.8 Å². The summed E-state index contributed by atoms with van der Waals surface area (Å²) >= 11 is 6.20. The van der Waals surface area contributed by atoms with Crippen LogP contribution in [0.1, 0.15) is 14.5 Å². The van der Waals surface area contributed by atoms with E-state index in [0.29, 0.717) is 9.08 Å². The lowest BCUT2D eigenvalue weighted by Crippen LogP contribution is -2.02. The third-order valence-electron chi connectivity index (χ3n) is 1.13. The number of pyridine rings is 1. The second-order valence-corrected chi connectivity index (χ2v) is 3.54. The van der Waals surface area contributed by atoms with Crippen molar-refractivity contribution in [2.45, 2.75) is 0 Å². The Morgan fingerprint density at radius 3 is 3.08 bits per heavy atom. The molecule has 0 fully saturated rings. The van der Waals surface area contributed by atoms with Crippen molar-refractivity contribution in [3.63, 3.8) is 0 Å². The van der Waals surface area contributed by atoms with Crippen molar-refractivity contribution in [2.24, 2.45) is 0 Å². The van der Waals surface area contributed by atoms with Crippen molar-refractivity contribution in [1.29, 1.82) is 0 Å². The van der Waals surface area contributed by atoms with E-state index in [0.717, 1.165) is 0 Å². The van der Waals surface area contributed by atoms with Crippen molar-refractivity contribution < 1.29 is 13.6 Å². The smallest absolute Gasteiger partial charge is 0.340 e. The molecule has 1 aromatic heterocycles. The van der Waals surface area contributed by atoms with Crippen LogP contribution in [0.2, 0.25) is 0 Å². The summed E-state index contributed by atoms with van der Waals surface area (Å²) in [6.45, 7) is 0. The zero-order chi connectivity index (χ0) is 11.6. The summed E-state index contributed by atoms with van der Waals surface area (Å²) < 4.78 is 25.5. The summed E-state index contributed by atoms with van der Waals surface area (Å²) in [6, 6.07) is 1.52. The maximum absolute atomic E-state index is 11.3. The number of ether oxygens (including phenoxy) is 1. The monoisotopic (exact) mass is 296 g/mol. The number of rotatable bonds is 1. The first-order chi connectivity index (χ1) is 6.79. The number of nitrogens with zero attached hydrogens (tertiary/aromatic N) is 1. The van der Waals surface area contributed by atoms with Crippen LogP contribution < -0.4 is 0 Å². The number of esters is 1. The van der Waals surface area contributed by atoms with Crippen LogP contribution in [0.5, 0.6) is 0 Å². The van der Waals surface area contributed by atoms with E-state index < -0.39 is 13.0 Å². The van der Waals surface area contributed by atoms with Gasteiger partial charge in [0.25, 0.3) is 0 Å². The summed E-state index contributed by atoms with van der Waals surface area (Å²) in [6.07, 6.45) is 1.22. The first-order valence-electron chi connectivity index (χ1n) is 4.34. The van der Waals surface area contributed by atoms with Gasteiger partial charge in [0.15, 0.2) is 0 Å². The van der Waals surface area contributed by atoms with E-state index >= 15 is 0 Å². The normalized spacial score (nSPS) is 14.3. The van der Waals surface area contributed by atoms with E-state index in [1.54, 1.807) is 0 Å². The van der Waals surface area contributed by atoms with Gasteiger partial charge in [0.1, 0.15) is 4.60 Å². The van der Waals surface area contributed by atoms with Crippen LogP contribution in [-0.4, -0.2) is 18.0 Å². The number of carbonyl (C=O) groups excluding carboxylic acids is 1. The molecule has 0 atom stereocenters. The van der Waals surface area contributed by atoms with Crippen LogP contribution >= 0.6 is 31.9 Å². The fourth-order valence-corrected chi connectivity index (χ4v) is 1.73. The average molecular weight is 298 g/mol. The molecule has 0 radical (unpaired) electrons. The Morgan fingerprint density at radius 2 is 2.50 bits per heavy atom.